The van der Waals surface area contributed by atoms with Gasteiger partial charge in [0.1, 0.15) is 0 Å². The molecule has 0 radical (unpaired) electrons. The van der Waals surface area contributed by atoms with Gasteiger partial charge in [-0.25, -0.2) is 0 Å². The van der Waals surface area contributed by atoms with E-state index in [0.717, 1.165) is 29.6 Å². The molecule has 0 amide bonds. The molecule has 0 aromatic heterocycles. The molecule has 0 spiro atoms. The summed E-state index contributed by atoms with van der Waals surface area (Å²) in [6.07, 6.45) is 6.78. The molecule has 0 heterocycles. The largest absolute Gasteiger partial charge is 0.378 e. The van der Waals surface area contributed by atoms with Crippen LogP contribution in [-0.4, -0.2) is 19.3 Å². The SMILES string of the molecule is CC(S)CCC(C)C1C(c2ccc(N(C)C)cc2)CC2(C)C(C)CCC2C1C. The summed E-state index contributed by atoms with van der Waals surface area (Å²) in [5.41, 5.74) is 3.39. The van der Waals surface area contributed by atoms with Gasteiger partial charge >= 0.3 is 0 Å². The molecule has 3 rings (SSSR count). The lowest BCUT2D eigenvalue weighted by Gasteiger charge is -2.53. The van der Waals surface area contributed by atoms with Gasteiger partial charge in [-0.05, 0) is 96.0 Å². The summed E-state index contributed by atoms with van der Waals surface area (Å²) in [6, 6.07) is 9.50. The molecule has 0 aliphatic heterocycles. The molecule has 2 heteroatoms. The molecule has 2 fully saturated rings. The predicted molar refractivity (Wildman–Crippen MR) is 128 cm³/mol. The van der Waals surface area contributed by atoms with E-state index in [0.29, 0.717) is 16.6 Å². The van der Waals surface area contributed by atoms with Crippen LogP contribution in [0, 0.1) is 35.0 Å². The number of fused-ring (bicyclic) bond motifs is 1. The zero-order valence-corrected chi connectivity index (χ0v) is 20.2. The van der Waals surface area contributed by atoms with Crippen molar-refractivity contribution in [3.63, 3.8) is 0 Å². The highest BCUT2D eigenvalue weighted by Crippen LogP contribution is 2.63. The van der Waals surface area contributed by atoms with E-state index in [9.17, 15) is 0 Å². The van der Waals surface area contributed by atoms with E-state index in [1.807, 2.05) is 0 Å². The first kappa shape index (κ1) is 22.1. The van der Waals surface area contributed by atoms with Gasteiger partial charge in [0, 0.05) is 19.8 Å². The summed E-state index contributed by atoms with van der Waals surface area (Å²) in [4.78, 5) is 2.21. The van der Waals surface area contributed by atoms with Gasteiger partial charge in [0.25, 0.3) is 0 Å². The molecule has 8 unspecified atom stereocenters. The zero-order chi connectivity index (χ0) is 20.6. The molecule has 0 N–H and O–H groups in total. The van der Waals surface area contributed by atoms with Crippen molar-refractivity contribution in [3.8, 4) is 0 Å². The van der Waals surface area contributed by atoms with Crippen LogP contribution >= 0.6 is 12.6 Å². The summed E-state index contributed by atoms with van der Waals surface area (Å²) in [6.45, 7) is 12.5. The van der Waals surface area contributed by atoms with Gasteiger partial charge in [0.05, 0.1) is 0 Å². The van der Waals surface area contributed by atoms with Crippen molar-refractivity contribution in [3.05, 3.63) is 29.8 Å². The van der Waals surface area contributed by atoms with Gasteiger partial charge in [-0.2, -0.15) is 12.6 Å². The van der Waals surface area contributed by atoms with E-state index in [2.05, 4.69) is 90.5 Å². The molecule has 2 saturated carbocycles. The van der Waals surface area contributed by atoms with Gasteiger partial charge in [0.2, 0.25) is 0 Å². The highest BCUT2D eigenvalue weighted by molar-refractivity contribution is 7.80. The molecule has 28 heavy (non-hydrogen) atoms. The summed E-state index contributed by atoms with van der Waals surface area (Å²) < 4.78 is 0. The van der Waals surface area contributed by atoms with Crippen LogP contribution in [-0.2, 0) is 0 Å². The number of rotatable bonds is 6. The number of benzene rings is 1. The fraction of sp³-hybridized carbons (Fsp3) is 0.769. The van der Waals surface area contributed by atoms with Crippen molar-refractivity contribution in [1.82, 2.24) is 0 Å². The van der Waals surface area contributed by atoms with E-state index in [-0.39, 0.29) is 0 Å². The van der Waals surface area contributed by atoms with Crippen LogP contribution < -0.4 is 4.90 Å². The second-order valence-corrected chi connectivity index (χ2v) is 11.6. The van der Waals surface area contributed by atoms with Crippen molar-refractivity contribution in [2.45, 2.75) is 77.9 Å². The first-order valence-corrected chi connectivity index (χ1v) is 12.1. The number of hydrogen-bond acceptors (Lipinski definition) is 2. The second-order valence-electron chi connectivity index (χ2n) is 10.7. The Bertz CT molecular complexity index is 636. The quantitative estimate of drug-likeness (QED) is 0.490. The van der Waals surface area contributed by atoms with Crippen LogP contribution in [0.25, 0.3) is 0 Å². The van der Waals surface area contributed by atoms with Crippen molar-refractivity contribution < 1.29 is 0 Å². The Balaban J connectivity index is 1.93. The minimum absolute atomic E-state index is 0.510. The van der Waals surface area contributed by atoms with Crippen LogP contribution in [0.5, 0.6) is 0 Å². The molecule has 1 nitrogen and oxygen atoms in total. The molecule has 1 aromatic carbocycles. The van der Waals surface area contributed by atoms with Crippen molar-refractivity contribution in [2.75, 3.05) is 19.0 Å². The topological polar surface area (TPSA) is 3.24 Å². The maximum atomic E-state index is 4.66. The maximum absolute atomic E-state index is 4.66. The molecule has 158 valence electrons. The lowest BCUT2D eigenvalue weighted by molar-refractivity contribution is -0.0137. The normalized spacial score (nSPS) is 37.4. The third kappa shape index (κ3) is 4.13. The van der Waals surface area contributed by atoms with Gasteiger partial charge in [-0.1, -0.05) is 46.8 Å². The standard InChI is InChI=1S/C26H43NS/c1-17(8-10-19(3)28)25-20(4)24-15-9-18(2)26(24,5)16-23(25)21-11-13-22(14-12-21)27(6)7/h11-14,17-20,23-25,28H,8-10,15-16H2,1-7H3. The van der Waals surface area contributed by atoms with E-state index < -0.39 is 0 Å². The summed E-state index contributed by atoms with van der Waals surface area (Å²) >= 11 is 4.66. The minimum Gasteiger partial charge on any atom is -0.378 e. The molecule has 8 atom stereocenters. The maximum Gasteiger partial charge on any atom is 0.0361 e. The van der Waals surface area contributed by atoms with Crippen LogP contribution in [0.2, 0.25) is 0 Å². The van der Waals surface area contributed by atoms with E-state index in [1.54, 1.807) is 5.56 Å². The molecule has 1 aromatic rings. The van der Waals surface area contributed by atoms with Crippen LogP contribution in [0.1, 0.15) is 78.2 Å². The third-order valence-corrected chi connectivity index (χ3v) is 9.04. The molecule has 0 saturated heterocycles. The Labute approximate surface area is 180 Å². The number of anilines is 1. The van der Waals surface area contributed by atoms with Gasteiger partial charge < -0.3 is 4.90 Å². The van der Waals surface area contributed by atoms with Crippen molar-refractivity contribution in [2.24, 2.45) is 35.0 Å². The average Bonchev–Trinajstić information content (AvgIpc) is 2.95. The van der Waals surface area contributed by atoms with E-state index in [1.165, 1.54) is 37.8 Å². The molecular formula is C26H43NS. The Hall–Kier alpha value is -0.630. The Morgan fingerprint density at radius 1 is 1.07 bits per heavy atom. The lowest BCUT2D eigenvalue weighted by atomic mass is 9.51. The van der Waals surface area contributed by atoms with Crippen molar-refractivity contribution in [1.29, 1.82) is 0 Å². The van der Waals surface area contributed by atoms with Crippen molar-refractivity contribution >= 4 is 18.3 Å². The second kappa shape index (κ2) is 8.62. The first-order chi connectivity index (χ1) is 13.1. The Morgan fingerprint density at radius 2 is 1.71 bits per heavy atom. The number of nitrogens with zero attached hydrogens (tertiary/aromatic N) is 1. The first-order valence-electron chi connectivity index (χ1n) is 11.6. The van der Waals surface area contributed by atoms with Gasteiger partial charge in [0.15, 0.2) is 0 Å². The summed E-state index contributed by atoms with van der Waals surface area (Å²) in [5, 5.41) is 0.510. The van der Waals surface area contributed by atoms with E-state index >= 15 is 0 Å². The Morgan fingerprint density at radius 3 is 2.29 bits per heavy atom. The summed E-state index contributed by atoms with van der Waals surface area (Å²) in [5.74, 6) is 4.83. The zero-order valence-electron chi connectivity index (χ0n) is 19.3. The highest BCUT2D eigenvalue weighted by atomic mass is 32.1. The predicted octanol–water partition coefficient (Wildman–Crippen LogP) is 7.28. The minimum atomic E-state index is 0.510. The van der Waals surface area contributed by atoms with Crippen LogP contribution in [0.4, 0.5) is 5.69 Å². The monoisotopic (exact) mass is 401 g/mol. The smallest absolute Gasteiger partial charge is 0.0361 e. The lowest BCUT2D eigenvalue weighted by Crippen LogP contribution is -2.45. The number of thiol groups is 1. The van der Waals surface area contributed by atoms with Crippen LogP contribution in [0.3, 0.4) is 0 Å². The highest BCUT2D eigenvalue weighted by Gasteiger charge is 2.55. The van der Waals surface area contributed by atoms with Gasteiger partial charge in [-0.3, -0.25) is 0 Å². The molecule has 2 aliphatic rings. The average molecular weight is 402 g/mol. The number of hydrogen-bond donors (Lipinski definition) is 1. The third-order valence-electron chi connectivity index (χ3n) is 8.78. The molecular weight excluding hydrogens is 358 g/mol. The van der Waals surface area contributed by atoms with Crippen LogP contribution in [0.15, 0.2) is 24.3 Å². The summed E-state index contributed by atoms with van der Waals surface area (Å²) in [7, 11) is 4.26. The van der Waals surface area contributed by atoms with E-state index in [4.69, 9.17) is 0 Å². The fourth-order valence-corrected chi connectivity index (χ4v) is 7.04. The molecule has 2 aliphatic carbocycles. The van der Waals surface area contributed by atoms with Gasteiger partial charge in [-0.15, -0.1) is 0 Å². The molecule has 0 bridgehead atoms. The Kier molecular flexibility index (Phi) is 6.79. The fourth-order valence-electron chi connectivity index (χ4n) is 6.89.